The van der Waals surface area contributed by atoms with Crippen LogP contribution in [0.25, 0.3) is 17.1 Å². The Labute approximate surface area is 208 Å². The van der Waals surface area contributed by atoms with Gasteiger partial charge in [-0.25, -0.2) is 27.7 Å². The van der Waals surface area contributed by atoms with Crippen LogP contribution in [0.3, 0.4) is 0 Å². The van der Waals surface area contributed by atoms with Crippen LogP contribution in [0, 0.1) is 17.5 Å². The van der Waals surface area contributed by atoms with E-state index in [9.17, 15) is 22.8 Å². The van der Waals surface area contributed by atoms with E-state index in [1.807, 2.05) is 4.40 Å². The van der Waals surface area contributed by atoms with Crippen molar-refractivity contribution in [3.05, 3.63) is 75.4 Å². The third kappa shape index (κ3) is 4.70. The molecule has 1 amide bonds. The van der Waals surface area contributed by atoms with Gasteiger partial charge in [-0.3, -0.25) is 0 Å². The summed E-state index contributed by atoms with van der Waals surface area (Å²) >= 11 is 0. The minimum absolute atomic E-state index is 0.0707. The molecular formula is C25H24F3N5O4. The van der Waals surface area contributed by atoms with Crippen molar-refractivity contribution in [2.45, 2.75) is 51.2 Å². The molecule has 0 aliphatic heterocycles. The molecule has 5 rings (SSSR count). The molecule has 194 valence electrons. The van der Waals surface area contributed by atoms with Crippen molar-refractivity contribution in [3.8, 4) is 11.5 Å². The van der Waals surface area contributed by atoms with E-state index in [2.05, 4.69) is 15.4 Å². The molecule has 37 heavy (non-hydrogen) atoms. The molecule has 4 aromatic rings. The zero-order chi connectivity index (χ0) is 26.6. The molecule has 0 saturated heterocycles. The lowest BCUT2D eigenvalue weighted by Gasteiger charge is -2.33. The number of aryl methyl sites for hydroxylation is 1. The maximum Gasteiger partial charge on any atom is 0.437 e. The standard InChI is InChI=1S/C25H24F3N5O4/c1-25(2,3)37-23(34)30-18-11-20-19(9-14(18)13-8-16(27)17(28)10-15(13)26)29-21-7-12(5-6-33(20)21)22-31-32(4)24(35)36-22/h5-8,10,14,18H,9,11H2,1-4H3,(H,30,34). The Morgan fingerprint density at radius 1 is 1.14 bits per heavy atom. The minimum Gasteiger partial charge on any atom is -0.444 e. The number of amides is 1. The SMILES string of the molecule is Cn1nc(-c2ccn3c4c(nc3c2)CC(c2cc(F)c(F)cc2F)C(NC(=O)OC(C)(C)C)C4)oc1=O. The Kier molecular flexibility index (Phi) is 5.84. The summed E-state index contributed by atoms with van der Waals surface area (Å²) in [4.78, 5) is 29.0. The number of hydrogen-bond donors (Lipinski definition) is 1. The number of imidazole rings is 1. The van der Waals surface area contributed by atoms with Gasteiger partial charge in [0.15, 0.2) is 11.6 Å². The fourth-order valence-corrected chi connectivity index (χ4v) is 4.58. The number of aromatic nitrogens is 4. The van der Waals surface area contributed by atoms with E-state index in [0.29, 0.717) is 23.0 Å². The number of nitrogens with zero attached hydrogens (tertiary/aromatic N) is 4. The fourth-order valence-electron chi connectivity index (χ4n) is 4.58. The zero-order valence-corrected chi connectivity index (χ0v) is 20.5. The van der Waals surface area contributed by atoms with E-state index in [1.54, 1.807) is 39.1 Å². The Balaban J connectivity index is 1.56. The largest absolute Gasteiger partial charge is 0.444 e. The lowest BCUT2D eigenvalue weighted by Crippen LogP contribution is -2.46. The highest BCUT2D eigenvalue weighted by Gasteiger charge is 2.36. The molecular weight excluding hydrogens is 491 g/mol. The van der Waals surface area contributed by atoms with Crippen LogP contribution in [0.4, 0.5) is 18.0 Å². The highest BCUT2D eigenvalue weighted by molar-refractivity contribution is 5.68. The summed E-state index contributed by atoms with van der Waals surface area (Å²) in [5.74, 6) is -4.62. The fraction of sp³-hybridized carbons (Fsp3) is 0.360. The maximum absolute atomic E-state index is 14.8. The predicted octanol–water partition coefficient (Wildman–Crippen LogP) is 3.88. The molecule has 1 N–H and O–H groups in total. The molecule has 2 atom stereocenters. The number of carbonyl (C=O) groups is 1. The molecule has 0 saturated carbocycles. The Hall–Kier alpha value is -4.09. The predicted molar refractivity (Wildman–Crippen MR) is 126 cm³/mol. The van der Waals surface area contributed by atoms with Crippen molar-refractivity contribution >= 4 is 11.7 Å². The van der Waals surface area contributed by atoms with Crippen LogP contribution >= 0.6 is 0 Å². The Bertz CT molecular complexity index is 1580. The molecule has 3 aromatic heterocycles. The topological polar surface area (TPSA) is 104 Å². The normalized spacial score (nSPS) is 17.6. The van der Waals surface area contributed by atoms with E-state index in [-0.39, 0.29) is 24.3 Å². The van der Waals surface area contributed by atoms with Crippen LogP contribution in [-0.2, 0) is 24.6 Å². The third-order valence-electron chi connectivity index (χ3n) is 6.20. The van der Waals surface area contributed by atoms with Gasteiger partial charge in [0.25, 0.3) is 0 Å². The highest BCUT2D eigenvalue weighted by Crippen LogP contribution is 2.36. The summed E-state index contributed by atoms with van der Waals surface area (Å²) in [6.45, 7) is 5.14. The molecule has 9 nitrogen and oxygen atoms in total. The smallest absolute Gasteiger partial charge is 0.437 e. The van der Waals surface area contributed by atoms with Crippen LogP contribution in [0.1, 0.15) is 43.6 Å². The lowest BCUT2D eigenvalue weighted by atomic mass is 9.80. The van der Waals surface area contributed by atoms with Gasteiger partial charge in [-0.15, -0.1) is 5.10 Å². The van der Waals surface area contributed by atoms with Crippen molar-refractivity contribution in [2.24, 2.45) is 7.05 Å². The van der Waals surface area contributed by atoms with E-state index >= 15 is 0 Å². The Morgan fingerprint density at radius 3 is 2.54 bits per heavy atom. The van der Waals surface area contributed by atoms with Crippen LogP contribution in [0.5, 0.6) is 0 Å². The van der Waals surface area contributed by atoms with E-state index in [1.165, 1.54) is 7.05 Å². The molecule has 1 aromatic carbocycles. The number of nitrogens with one attached hydrogen (secondary N) is 1. The summed E-state index contributed by atoms with van der Waals surface area (Å²) in [7, 11) is 1.47. The second kappa shape index (κ2) is 8.79. The summed E-state index contributed by atoms with van der Waals surface area (Å²) in [5, 5.41) is 6.83. The van der Waals surface area contributed by atoms with Gasteiger partial charge in [-0.2, -0.15) is 4.68 Å². The first-order valence-electron chi connectivity index (χ1n) is 11.6. The van der Waals surface area contributed by atoms with Crippen molar-refractivity contribution in [1.82, 2.24) is 24.5 Å². The van der Waals surface area contributed by atoms with Gasteiger partial charge in [0.1, 0.15) is 17.1 Å². The minimum atomic E-state index is -1.30. The zero-order valence-electron chi connectivity index (χ0n) is 20.5. The first-order chi connectivity index (χ1) is 17.4. The number of carbonyl (C=O) groups excluding carboxylic acids is 1. The average Bonchev–Trinajstić information content (AvgIpc) is 3.33. The van der Waals surface area contributed by atoms with Crippen LogP contribution in [-0.4, -0.2) is 36.9 Å². The number of alkyl carbamates (subject to hydrolysis) is 1. The van der Waals surface area contributed by atoms with Crippen molar-refractivity contribution < 1.29 is 27.1 Å². The monoisotopic (exact) mass is 515 g/mol. The molecule has 2 unspecified atom stereocenters. The van der Waals surface area contributed by atoms with Crippen LogP contribution < -0.4 is 11.1 Å². The first kappa shape index (κ1) is 24.6. The quantitative estimate of drug-likeness (QED) is 0.416. The number of rotatable bonds is 3. The van der Waals surface area contributed by atoms with E-state index < -0.39 is 46.9 Å². The maximum atomic E-state index is 14.8. The lowest BCUT2D eigenvalue weighted by molar-refractivity contribution is 0.0493. The van der Waals surface area contributed by atoms with Gasteiger partial charge >= 0.3 is 11.8 Å². The number of halogens is 3. The van der Waals surface area contributed by atoms with Crippen molar-refractivity contribution in [1.29, 1.82) is 0 Å². The van der Waals surface area contributed by atoms with Gasteiger partial charge in [-0.1, -0.05) is 0 Å². The summed E-state index contributed by atoms with van der Waals surface area (Å²) in [5.41, 5.74) is 1.56. The summed E-state index contributed by atoms with van der Waals surface area (Å²) in [6.07, 6.45) is 1.38. The van der Waals surface area contributed by atoms with Gasteiger partial charge in [0.2, 0.25) is 5.89 Å². The highest BCUT2D eigenvalue weighted by atomic mass is 19.2. The van der Waals surface area contributed by atoms with Crippen LogP contribution in [0.15, 0.2) is 39.7 Å². The number of hydrogen-bond acceptors (Lipinski definition) is 6. The number of benzene rings is 1. The average molecular weight is 515 g/mol. The number of pyridine rings is 1. The molecule has 1 aliphatic carbocycles. The molecule has 0 spiro atoms. The van der Waals surface area contributed by atoms with E-state index in [0.717, 1.165) is 16.4 Å². The first-order valence-corrected chi connectivity index (χ1v) is 11.6. The molecule has 3 heterocycles. The van der Waals surface area contributed by atoms with Crippen molar-refractivity contribution in [3.63, 3.8) is 0 Å². The molecule has 0 radical (unpaired) electrons. The third-order valence-corrected chi connectivity index (χ3v) is 6.20. The summed E-state index contributed by atoms with van der Waals surface area (Å²) < 4.78 is 56.0. The number of fused-ring (bicyclic) bond motifs is 3. The molecule has 0 bridgehead atoms. The van der Waals surface area contributed by atoms with Gasteiger partial charge in [0.05, 0.1) is 5.69 Å². The van der Waals surface area contributed by atoms with Crippen molar-refractivity contribution in [2.75, 3.05) is 0 Å². The Morgan fingerprint density at radius 2 is 1.86 bits per heavy atom. The molecule has 0 fully saturated rings. The molecule has 1 aliphatic rings. The second-order valence-corrected chi connectivity index (χ2v) is 10.0. The summed E-state index contributed by atoms with van der Waals surface area (Å²) in [6, 6.07) is 4.02. The second-order valence-electron chi connectivity index (χ2n) is 10.0. The van der Waals surface area contributed by atoms with Gasteiger partial charge in [-0.05, 0) is 44.5 Å². The van der Waals surface area contributed by atoms with E-state index in [4.69, 9.17) is 9.15 Å². The van der Waals surface area contributed by atoms with Gasteiger partial charge in [0, 0.05) is 55.4 Å². The van der Waals surface area contributed by atoms with Gasteiger partial charge < -0.3 is 18.9 Å². The van der Waals surface area contributed by atoms with Crippen LogP contribution in [0.2, 0.25) is 0 Å². The number of ether oxygens (including phenoxy) is 1. The molecule has 12 heteroatoms.